The van der Waals surface area contributed by atoms with Crippen molar-refractivity contribution in [3.8, 4) is 0 Å². The minimum Gasteiger partial charge on any atom is -0.460 e. The lowest BCUT2D eigenvalue weighted by Crippen LogP contribution is -2.57. The molecule has 5 nitrogen and oxygen atoms in total. The Labute approximate surface area is 81.3 Å². The lowest BCUT2D eigenvalue weighted by molar-refractivity contribution is -0.152. The number of nitrogens with zero attached hydrogens (tertiary/aromatic N) is 1. The van der Waals surface area contributed by atoms with Gasteiger partial charge in [-0.1, -0.05) is 0 Å². The van der Waals surface area contributed by atoms with E-state index in [1.54, 1.807) is 0 Å². The van der Waals surface area contributed by atoms with Gasteiger partial charge in [0.15, 0.2) is 0 Å². The number of carbonyl (C=O) groups excluding carboxylic acids is 1. The molecule has 3 aliphatic rings. The first-order valence-electron chi connectivity index (χ1n) is 4.99. The highest BCUT2D eigenvalue weighted by molar-refractivity contribution is 5.77. The van der Waals surface area contributed by atoms with E-state index >= 15 is 0 Å². The standard InChI is InChI=1S/C9H13NO4/c11-4-3-10-2-1-5-7(10)6(8(4)12)9(13)14-5/h4-8,11-12H,1-3H2. The molecule has 5 atom stereocenters. The highest BCUT2D eigenvalue weighted by Gasteiger charge is 2.58. The topological polar surface area (TPSA) is 70.0 Å². The third kappa shape index (κ3) is 0.920. The summed E-state index contributed by atoms with van der Waals surface area (Å²) in [5.74, 6) is -0.887. The van der Waals surface area contributed by atoms with E-state index in [9.17, 15) is 15.0 Å². The predicted octanol–water partition coefficient (Wildman–Crippen LogP) is -1.66. The van der Waals surface area contributed by atoms with Gasteiger partial charge >= 0.3 is 5.97 Å². The van der Waals surface area contributed by atoms with Crippen LogP contribution in [0.1, 0.15) is 6.42 Å². The van der Waals surface area contributed by atoms with E-state index in [-0.39, 0.29) is 18.1 Å². The van der Waals surface area contributed by atoms with Crippen molar-refractivity contribution in [1.82, 2.24) is 4.90 Å². The van der Waals surface area contributed by atoms with Crippen LogP contribution in [0.3, 0.4) is 0 Å². The number of esters is 1. The normalized spacial score (nSPS) is 51.9. The largest absolute Gasteiger partial charge is 0.460 e. The molecular weight excluding hydrogens is 186 g/mol. The van der Waals surface area contributed by atoms with Gasteiger partial charge in [-0.05, 0) is 6.42 Å². The lowest BCUT2D eigenvalue weighted by Gasteiger charge is -2.37. The smallest absolute Gasteiger partial charge is 0.313 e. The molecule has 0 aromatic carbocycles. The van der Waals surface area contributed by atoms with Crippen LogP contribution in [0.2, 0.25) is 0 Å². The summed E-state index contributed by atoms with van der Waals surface area (Å²) in [6.07, 6.45) is -1.01. The Balaban J connectivity index is 1.96. The zero-order valence-corrected chi connectivity index (χ0v) is 7.67. The first-order chi connectivity index (χ1) is 6.68. The quantitative estimate of drug-likeness (QED) is 0.457. The van der Waals surface area contributed by atoms with Gasteiger partial charge in [-0.2, -0.15) is 0 Å². The molecule has 3 heterocycles. The summed E-state index contributed by atoms with van der Waals surface area (Å²) < 4.78 is 5.17. The molecule has 3 aliphatic heterocycles. The summed E-state index contributed by atoms with van der Waals surface area (Å²) in [6.45, 7) is 1.30. The molecule has 0 saturated carbocycles. The molecule has 3 rings (SSSR count). The number of ether oxygens (including phenoxy) is 1. The third-order valence-corrected chi connectivity index (χ3v) is 3.59. The molecule has 0 aromatic heterocycles. The number of aliphatic hydroxyl groups is 2. The Morgan fingerprint density at radius 1 is 1.43 bits per heavy atom. The molecule has 3 fully saturated rings. The van der Waals surface area contributed by atoms with Crippen molar-refractivity contribution in [2.24, 2.45) is 5.92 Å². The highest BCUT2D eigenvalue weighted by Crippen LogP contribution is 2.39. The summed E-state index contributed by atoms with van der Waals surface area (Å²) in [5, 5.41) is 19.3. The van der Waals surface area contributed by atoms with Crippen LogP contribution in [-0.2, 0) is 9.53 Å². The SMILES string of the molecule is O=C1OC2CCN3CC(O)C(O)C1C23. The second kappa shape index (κ2) is 2.68. The molecule has 3 saturated heterocycles. The molecular formula is C9H13NO4. The molecule has 2 N–H and O–H groups in total. The molecule has 78 valence electrons. The summed E-state index contributed by atoms with van der Waals surface area (Å²) >= 11 is 0. The fraction of sp³-hybridized carbons (Fsp3) is 0.889. The average Bonchev–Trinajstić information content (AvgIpc) is 2.64. The second-order valence-electron chi connectivity index (χ2n) is 4.33. The first-order valence-corrected chi connectivity index (χ1v) is 4.99. The fourth-order valence-electron chi connectivity index (χ4n) is 2.94. The van der Waals surface area contributed by atoms with Crippen molar-refractivity contribution in [3.63, 3.8) is 0 Å². The maximum Gasteiger partial charge on any atom is 0.313 e. The van der Waals surface area contributed by atoms with E-state index < -0.39 is 18.1 Å². The van der Waals surface area contributed by atoms with E-state index in [2.05, 4.69) is 4.90 Å². The summed E-state index contributed by atoms with van der Waals surface area (Å²) in [4.78, 5) is 13.5. The number of hydrogen-bond acceptors (Lipinski definition) is 5. The molecule has 0 aliphatic carbocycles. The van der Waals surface area contributed by atoms with Gasteiger partial charge in [-0.15, -0.1) is 0 Å². The van der Waals surface area contributed by atoms with Crippen molar-refractivity contribution >= 4 is 5.97 Å². The number of hydrogen-bond donors (Lipinski definition) is 2. The van der Waals surface area contributed by atoms with Gasteiger partial charge in [0, 0.05) is 13.1 Å². The molecule has 0 radical (unpaired) electrons. The summed E-state index contributed by atoms with van der Waals surface area (Å²) in [5.41, 5.74) is 0. The minimum absolute atomic E-state index is 0.000833. The van der Waals surface area contributed by atoms with Gasteiger partial charge in [0.25, 0.3) is 0 Å². The zero-order chi connectivity index (χ0) is 9.87. The van der Waals surface area contributed by atoms with E-state index in [0.717, 1.165) is 13.0 Å². The van der Waals surface area contributed by atoms with Crippen LogP contribution in [-0.4, -0.2) is 58.5 Å². The maximum absolute atomic E-state index is 11.4. The van der Waals surface area contributed by atoms with Crippen molar-refractivity contribution in [2.75, 3.05) is 13.1 Å². The van der Waals surface area contributed by atoms with Gasteiger partial charge in [-0.3, -0.25) is 9.69 Å². The number of aliphatic hydroxyl groups excluding tert-OH is 2. The van der Waals surface area contributed by atoms with Crippen LogP contribution in [0.4, 0.5) is 0 Å². The van der Waals surface area contributed by atoms with Crippen LogP contribution in [0, 0.1) is 5.92 Å². The van der Waals surface area contributed by atoms with Crippen LogP contribution >= 0.6 is 0 Å². The van der Waals surface area contributed by atoms with Gasteiger partial charge < -0.3 is 14.9 Å². The highest BCUT2D eigenvalue weighted by atomic mass is 16.6. The summed E-state index contributed by atoms with van der Waals surface area (Å²) in [7, 11) is 0. The molecule has 5 heteroatoms. The zero-order valence-electron chi connectivity index (χ0n) is 7.67. The van der Waals surface area contributed by atoms with Crippen molar-refractivity contribution in [2.45, 2.75) is 30.8 Å². The molecule has 5 unspecified atom stereocenters. The number of carbonyl (C=O) groups is 1. The van der Waals surface area contributed by atoms with Crippen molar-refractivity contribution in [3.05, 3.63) is 0 Å². The molecule has 0 spiro atoms. The predicted molar refractivity (Wildman–Crippen MR) is 45.4 cm³/mol. The first kappa shape index (κ1) is 8.64. The van der Waals surface area contributed by atoms with Gasteiger partial charge in [0.2, 0.25) is 0 Å². The molecule has 0 aromatic rings. The van der Waals surface area contributed by atoms with Crippen molar-refractivity contribution in [1.29, 1.82) is 0 Å². The Hall–Kier alpha value is -0.650. The average molecular weight is 199 g/mol. The number of rotatable bonds is 0. The molecule has 0 amide bonds. The van der Waals surface area contributed by atoms with Crippen LogP contribution in [0.15, 0.2) is 0 Å². The maximum atomic E-state index is 11.4. The van der Waals surface area contributed by atoms with Crippen LogP contribution < -0.4 is 0 Å². The molecule has 14 heavy (non-hydrogen) atoms. The number of piperidine rings is 1. The van der Waals surface area contributed by atoms with Crippen LogP contribution in [0.25, 0.3) is 0 Å². The monoisotopic (exact) mass is 199 g/mol. The van der Waals surface area contributed by atoms with E-state index in [4.69, 9.17) is 4.74 Å². The van der Waals surface area contributed by atoms with Crippen LogP contribution in [0.5, 0.6) is 0 Å². The fourth-order valence-corrected chi connectivity index (χ4v) is 2.94. The van der Waals surface area contributed by atoms with Crippen molar-refractivity contribution < 1.29 is 19.7 Å². The molecule has 0 bridgehead atoms. The van der Waals surface area contributed by atoms with Gasteiger partial charge in [0.1, 0.15) is 12.0 Å². The van der Waals surface area contributed by atoms with E-state index in [0.29, 0.717) is 6.54 Å². The Kier molecular flexibility index (Phi) is 1.66. The van der Waals surface area contributed by atoms with Gasteiger partial charge in [0.05, 0.1) is 18.2 Å². The van der Waals surface area contributed by atoms with Gasteiger partial charge in [-0.25, -0.2) is 0 Å². The second-order valence-corrected chi connectivity index (χ2v) is 4.33. The Morgan fingerprint density at radius 2 is 2.21 bits per heavy atom. The Morgan fingerprint density at radius 3 is 3.00 bits per heavy atom. The third-order valence-electron chi connectivity index (χ3n) is 3.59. The van der Waals surface area contributed by atoms with E-state index in [1.807, 2.05) is 0 Å². The Bertz CT molecular complexity index is 282. The summed E-state index contributed by atoms with van der Waals surface area (Å²) in [6, 6.07) is 0.000833. The lowest BCUT2D eigenvalue weighted by atomic mass is 9.86. The van der Waals surface area contributed by atoms with E-state index in [1.165, 1.54) is 0 Å². The minimum atomic E-state index is -0.952.